The van der Waals surface area contributed by atoms with Crippen molar-refractivity contribution in [3.8, 4) is 17.0 Å². The van der Waals surface area contributed by atoms with E-state index in [0.717, 1.165) is 17.0 Å². The van der Waals surface area contributed by atoms with Crippen LogP contribution < -0.4 is 10.5 Å². The Bertz CT molecular complexity index is 502. The molecule has 3 N–H and O–H groups in total. The number of H-pyrrole nitrogens is 1. The van der Waals surface area contributed by atoms with Crippen LogP contribution in [-0.4, -0.2) is 16.3 Å². The minimum absolute atomic E-state index is 0.419. The second-order valence-corrected chi connectivity index (χ2v) is 4.05. The van der Waals surface area contributed by atoms with E-state index in [1.54, 1.807) is 0 Å². The number of aromatic nitrogens is 2. The maximum Gasteiger partial charge on any atom is 0.145 e. The molecule has 1 fully saturated rings. The Morgan fingerprint density at radius 3 is 2.88 bits per heavy atom. The summed E-state index contributed by atoms with van der Waals surface area (Å²) in [6.45, 7) is 0. The summed E-state index contributed by atoms with van der Waals surface area (Å²) >= 11 is 0. The molecule has 2 aromatic rings. The van der Waals surface area contributed by atoms with Gasteiger partial charge in [-0.15, -0.1) is 0 Å². The molecule has 1 aliphatic carbocycles. The van der Waals surface area contributed by atoms with Gasteiger partial charge in [0.05, 0.1) is 11.8 Å². The average molecular weight is 215 g/mol. The fourth-order valence-electron chi connectivity index (χ4n) is 1.60. The highest BCUT2D eigenvalue weighted by atomic mass is 16.5. The minimum Gasteiger partial charge on any atom is -0.490 e. The summed E-state index contributed by atoms with van der Waals surface area (Å²) in [7, 11) is 0. The monoisotopic (exact) mass is 215 g/mol. The fourth-order valence-corrected chi connectivity index (χ4v) is 1.60. The molecule has 0 radical (unpaired) electrons. The lowest BCUT2D eigenvalue weighted by Crippen LogP contribution is -1.95. The summed E-state index contributed by atoms with van der Waals surface area (Å²) in [5.74, 6) is 1.41. The Kier molecular flexibility index (Phi) is 2.06. The molecule has 82 valence electrons. The molecule has 0 saturated heterocycles. The summed E-state index contributed by atoms with van der Waals surface area (Å²) in [4.78, 5) is 0. The number of nitrogen functional groups attached to an aromatic ring is 1. The van der Waals surface area contributed by atoms with Crippen molar-refractivity contribution in [1.82, 2.24) is 10.2 Å². The highest BCUT2D eigenvalue weighted by molar-refractivity contribution is 5.63. The molecule has 0 amide bonds. The standard InChI is InChI=1S/C12H13N3O/c13-12-7-11(14-15-12)8-2-1-3-10(6-8)16-9-4-5-9/h1-3,6-7,9H,4-5H2,(H3,13,14,15). The van der Waals surface area contributed by atoms with Gasteiger partial charge in [-0.2, -0.15) is 5.10 Å². The molecular weight excluding hydrogens is 202 g/mol. The van der Waals surface area contributed by atoms with Crippen LogP contribution in [-0.2, 0) is 0 Å². The Hall–Kier alpha value is -1.97. The van der Waals surface area contributed by atoms with Crippen LogP contribution in [0.25, 0.3) is 11.3 Å². The smallest absolute Gasteiger partial charge is 0.145 e. The van der Waals surface area contributed by atoms with Gasteiger partial charge >= 0.3 is 0 Å². The van der Waals surface area contributed by atoms with E-state index in [0.29, 0.717) is 11.9 Å². The van der Waals surface area contributed by atoms with Gasteiger partial charge in [-0.1, -0.05) is 12.1 Å². The quantitative estimate of drug-likeness (QED) is 0.825. The maximum absolute atomic E-state index is 5.73. The van der Waals surface area contributed by atoms with E-state index in [1.807, 2.05) is 30.3 Å². The van der Waals surface area contributed by atoms with Crippen molar-refractivity contribution in [3.05, 3.63) is 30.3 Å². The van der Waals surface area contributed by atoms with Crippen molar-refractivity contribution in [2.45, 2.75) is 18.9 Å². The number of nitrogens with two attached hydrogens (primary N) is 1. The SMILES string of the molecule is Nc1cc(-c2cccc(OC3CC3)c2)[nH]n1. The molecule has 0 aliphatic heterocycles. The van der Waals surface area contributed by atoms with Crippen molar-refractivity contribution >= 4 is 5.82 Å². The van der Waals surface area contributed by atoms with Gasteiger partial charge in [0.2, 0.25) is 0 Å². The van der Waals surface area contributed by atoms with E-state index in [1.165, 1.54) is 12.8 Å². The predicted octanol–water partition coefficient (Wildman–Crippen LogP) is 2.20. The van der Waals surface area contributed by atoms with Crippen molar-refractivity contribution in [1.29, 1.82) is 0 Å². The number of hydrogen-bond acceptors (Lipinski definition) is 3. The molecule has 4 heteroatoms. The number of nitrogens with one attached hydrogen (secondary N) is 1. The molecule has 1 aromatic heterocycles. The molecule has 1 heterocycles. The Morgan fingerprint density at radius 1 is 1.31 bits per heavy atom. The van der Waals surface area contributed by atoms with Gasteiger partial charge in [-0.3, -0.25) is 5.10 Å². The minimum atomic E-state index is 0.419. The second kappa shape index (κ2) is 3.56. The second-order valence-electron chi connectivity index (χ2n) is 4.05. The van der Waals surface area contributed by atoms with Gasteiger partial charge in [-0.05, 0) is 25.0 Å². The first-order valence-electron chi connectivity index (χ1n) is 5.39. The van der Waals surface area contributed by atoms with Crippen LogP contribution in [0.2, 0.25) is 0 Å². The van der Waals surface area contributed by atoms with E-state index < -0.39 is 0 Å². The van der Waals surface area contributed by atoms with Crippen molar-refractivity contribution < 1.29 is 4.74 Å². The van der Waals surface area contributed by atoms with Gasteiger partial charge in [0.15, 0.2) is 0 Å². The molecule has 4 nitrogen and oxygen atoms in total. The van der Waals surface area contributed by atoms with E-state index in [4.69, 9.17) is 10.5 Å². The Balaban J connectivity index is 1.88. The van der Waals surface area contributed by atoms with Gasteiger partial charge < -0.3 is 10.5 Å². The molecule has 3 rings (SSSR count). The fraction of sp³-hybridized carbons (Fsp3) is 0.250. The van der Waals surface area contributed by atoms with E-state index >= 15 is 0 Å². The van der Waals surface area contributed by atoms with Gasteiger partial charge in [-0.25, -0.2) is 0 Å². The van der Waals surface area contributed by atoms with Crippen LogP contribution in [0.15, 0.2) is 30.3 Å². The molecule has 0 unspecified atom stereocenters. The third kappa shape index (κ3) is 1.86. The molecule has 1 aliphatic rings. The number of hydrogen-bond donors (Lipinski definition) is 2. The van der Waals surface area contributed by atoms with Crippen molar-refractivity contribution in [2.24, 2.45) is 0 Å². The van der Waals surface area contributed by atoms with Crippen LogP contribution in [0.5, 0.6) is 5.75 Å². The zero-order chi connectivity index (χ0) is 11.0. The summed E-state index contributed by atoms with van der Waals surface area (Å²) < 4.78 is 5.73. The zero-order valence-corrected chi connectivity index (χ0v) is 8.81. The highest BCUT2D eigenvalue weighted by Gasteiger charge is 2.23. The summed E-state index contributed by atoms with van der Waals surface area (Å²) in [6.07, 6.45) is 2.75. The average Bonchev–Trinajstić information content (AvgIpc) is 2.98. The maximum atomic E-state index is 5.73. The predicted molar refractivity (Wildman–Crippen MR) is 62.1 cm³/mol. The first kappa shape index (κ1) is 9.27. The number of aromatic amines is 1. The molecule has 16 heavy (non-hydrogen) atoms. The molecule has 0 bridgehead atoms. The normalized spacial score (nSPS) is 15.0. The van der Waals surface area contributed by atoms with Crippen molar-refractivity contribution in [3.63, 3.8) is 0 Å². The Labute approximate surface area is 93.4 Å². The first-order chi connectivity index (χ1) is 7.81. The molecular formula is C12H13N3O. The number of anilines is 1. The molecule has 1 aromatic carbocycles. The molecule has 0 spiro atoms. The first-order valence-corrected chi connectivity index (χ1v) is 5.39. The topological polar surface area (TPSA) is 63.9 Å². The lowest BCUT2D eigenvalue weighted by molar-refractivity contribution is 0.303. The van der Waals surface area contributed by atoms with Gasteiger partial charge in [0.25, 0.3) is 0 Å². The van der Waals surface area contributed by atoms with E-state index in [-0.39, 0.29) is 0 Å². The number of ether oxygens (including phenoxy) is 1. The van der Waals surface area contributed by atoms with E-state index in [2.05, 4.69) is 10.2 Å². The van der Waals surface area contributed by atoms with E-state index in [9.17, 15) is 0 Å². The lowest BCUT2D eigenvalue weighted by atomic mass is 10.1. The summed E-state index contributed by atoms with van der Waals surface area (Å²) in [5, 5.41) is 6.80. The largest absolute Gasteiger partial charge is 0.490 e. The van der Waals surface area contributed by atoms with Crippen molar-refractivity contribution in [2.75, 3.05) is 5.73 Å². The molecule has 1 saturated carbocycles. The third-order valence-corrected chi connectivity index (χ3v) is 2.57. The van der Waals surface area contributed by atoms with Crippen LogP contribution in [0.1, 0.15) is 12.8 Å². The summed E-state index contributed by atoms with van der Waals surface area (Å²) in [6, 6.07) is 9.78. The van der Waals surface area contributed by atoms with Crippen LogP contribution in [0.4, 0.5) is 5.82 Å². The van der Waals surface area contributed by atoms with Gasteiger partial charge in [0.1, 0.15) is 11.6 Å². The highest BCUT2D eigenvalue weighted by Crippen LogP contribution is 2.29. The number of benzene rings is 1. The summed E-state index contributed by atoms with van der Waals surface area (Å²) in [5.41, 5.74) is 7.53. The number of rotatable bonds is 3. The Morgan fingerprint density at radius 2 is 2.19 bits per heavy atom. The van der Waals surface area contributed by atoms with Crippen LogP contribution >= 0.6 is 0 Å². The van der Waals surface area contributed by atoms with Gasteiger partial charge in [0, 0.05) is 11.6 Å². The number of nitrogens with zero attached hydrogens (tertiary/aromatic N) is 1. The zero-order valence-electron chi connectivity index (χ0n) is 8.81. The third-order valence-electron chi connectivity index (χ3n) is 2.57. The van der Waals surface area contributed by atoms with Crippen LogP contribution in [0.3, 0.4) is 0 Å². The lowest BCUT2D eigenvalue weighted by Gasteiger charge is -2.05. The molecule has 0 atom stereocenters. The van der Waals surface area contributed by atoms with Crippen LogP contribution in [0, 0.1) is 0 Å².